The molecule has 2 amide bonds. The Labute approximate surface area is 163 Å². The first-order chi connectivity index (χ1) is 13.2. The minimum Gasteiger partial charge on any atom is -0.497 e. The average molecular weight is 387 g/mol. The second kappa shape index (κ2) is 7.53. The SMILES string of the molecule is COc1ccc2c(OC3CC(C(N)=O)N(C(=O)OC(C)(C)C)C3)nccc2c1. The fourth-order valence-electron chi connectivity index (χ4n) is 3.18. The molecule has 2 heterocycles. The lowest BCUT2D eigenvalue weighted by Crippen LogP contribution is -2.45. The summed E-state index contributed by atoms with van der Waals surface area (Å²) in [5.74, 6) is 0.572. The van der Waals surface area contributed by atoms with Gasteiger partial charge in [-0.2, -0.15) is 0 Å². The molecule has 28 heavy (non-hydrogen) atoms. The summed E-state index contributed by atoms with van der Waals surface area (Å²) in [6, 6.07) is 6.65. The zero-order valence-electron chi connectivity index (χ0n) is 16.5. The van der Waals surface area contributed by atoms with Crippen LogP contribution in [0.2, 0.25) is 0 Å². The highest BCUT2D eigenvalue weighted by atomic mass is 16.6. The van der Waals surface area contributed by atoms with Crippen LogP contribution >= 0.6 is 0 Å². The average Bonchev–Trinajstić information content (AvgIpc) is 3.04. The monoisotopic (exact) mass is 387 g/mol. The van der Waals surface area contributed by atoms with Gasteiger partial charge in [0.1, 0.15) is 23.5 Å². The molecule has 1 saturated heterocycles. The molecule has 8 heteroatoms. The number of pyridine rings is 1. The smallest absolute Gasteiger partial charge is 0.411 e. The van der Waals surface area contributed by atoms with Crippen LogP contribution < -0.4 is 15.2 Å². The van der Waals surface area contributed by atoms with Gasteiger partial charge in [-0.05, 0) is 50.4 Å². The summed E-state index contributed by atoms with van der Waals surface area (Å²) in [7, 11) is 1.60. The van der Waals surface area contributed by atoms with E-state index in [0.29, 0.717) is 5.88 Å². The molecule has 1 aromatic carbocycles. The highest BCUT2D eigenvalue weighted by Gasteiger charge is 2.42. The molecular formula is C20H25N3O5. The van der Waals surface area contributed by atoms with Crippen LogP contribution in [0.15, 0.2) is 30.5 Å². The Balaban J connectivity index is 1.81. The molecule has 0 radical (unpaired) electrons. The third-order valence-electron chi connectivity index (χ3n) is 4.43. The van der Waals surface area contributed by atoms with Gasteiger partial charge in [0.25, 0.3) is 0 Å². The minimum absolute atomic E-state index is 0.191. The first kappa shape index (κ1) is 19.7. The first-order valence-electron chi connectivity index (χ1n) is 9.06. The number of rotatable bonds is 4. The van der Waals surface area contributed by atoms with E-state index in [-0.39, 0.29) is 13.0 Å². The van der Waals surface area contributed by atoms with Gasteiger partial charge in [-0.15, -0.1) is 0 Å². The third kappa shape index (κ3) is 4.27. The van der Waals surface area contributed by atoms with Crippen molar-refractivity contribution in [2.24, 2.45) is 5.73 Å². The summed E-state index contributed by atoms with van der Waals surface area (Å²) in [4.78, 5) is 30.0. The van der Waals surface area contributed by atoms with Crippen LogP contribution in [0.25, 0.3) is 10.8 Å². The molecule has 2 unspecified atom stereocenters. The molecule has 1 aliphatic heterocycles. The fraction of sp³-hybridized carbons (Fsp3) is 0.450. The number of ether oxygens (including phenoxy) is 3. The minimum atomic E-state index is -0.782. The second-order valence-electron chi connectivity index (χ2n) is 7.73. The number of nitrogens with zero attached hydrogens (tertiary/aromatic N) is 2. The molecule has 1 fully saturated rings. The number of methoxy groups -OCH3 is 1. The highest BCUT2D eigenvalue weighted by Crippen LogP contribution is 2.30. The number of aromatic nitrogens is 1. The largest absolute Gasteiger partial charge is 0.497 e. The summed E-state index contributed by atoms with van der Waals surface area (Å²) in [5, 5.41) is 1.73. The van der Waals surface area contributed by atoms with E-state index >= 15 is 0 Å². The molecule has 3 rings (SSSR count). The highest BCUT2D eigenvalue weighted by molar-refractivity contribution is 5.88. The molecule has 1 aliphatic rings. The summed E-state index contributed by atoms with van der Waals surface area (Å²) in [6.07, 6.45) is 0.912. The molecule has 0 saturated carbocycles. The molecule has 0 spiro atoms. The van der Waals surface area contributed by atoms with Gasteiger partial charge >= 0.3 is 6.09 Å². The maximum Gasteiger partial charge on any atom is 0.411 e. The van der Waals surface area contributed by atoms with Gasteiger partial charge in [0.2, 0.25) is 11.8 Å². The Kier molecular flexibility index (Phi) is 5.31. The molecule has 2 atom stereocenters. The van der Waals surface area contributed by atoms with E-state index < -0.39 is 29.7 Å². The van der Waals surface area contributed by atoms with Crippen molar-refractivity contribution in [1.29, 1.82) is 0 Å². The molecule has 2 N–H and O–H groups in total. The van der Waals surface area contributed by atoms with Crippen molar-refractivity contribution < 1.29 is 23.8 Å². The van der Waals surface area contributed by atoms with Gasteiger partial charge in [0.05, 0.1) is 13.7 Å². The number of primary amides is 1. The van der Waals surface area contributed by atoms with Gasteiger partial charge in [-0.3, -0.25) is 9.69 Å². The van der Waals surface area contributed by atoms with E-state index in [0.717, 1.165) is 16.5 Å². The quantitative estimate of drug-likeness (QED) is 0.864. The van der Waals surface area contributed by atoms with Crippen molar-refractivity contribution in [2.75, 3.05) is 13.7 Å². The van der Waals surface area contributed by atoms with E-state index in [9.17, 15) is 9.59 Å². The maximum absolute atomic E-state index is 12.5. The van der Waals surface area contributed by atoms with Gasteiger partial charge in [-0.1, -0.05) is 0 Å². The molecule has 150 valence electrons. The lowest BCUT2D eigenvalue weighted by Gasteiger charge is -2.27. The number of fused-ring (bicyclic) bond motifs is 1. The van der Waals surface area contributed by atoms with E-state index in [1.807, 2.05) is 24.3 Å². The standard InChI is InChI=1S/C20H25N3O5/c1-20(2,3)28-19(25)23-11-14(10-16(23)17(21)24)27-18-15-6-5-13(26-4)9-12(15)7-8-22-18/h5-9,14,16H,10-11H2,1-4H3,(H2,21,24). The number of benzene rings is 1. The number of carbonyl (C=O) groups is 2. The molecular weight excluding hydrogens is 362 g/mol. The van der Waals surface area contributed by atoms with Gasteiger partial charge in [0.15, 0.2) is 0 Å². The zero-order chi connectivity index (χ0) is 20.5. The molecule has 2 aromatic rings. The van der Waals surface area contributed by atoms with Crippen LogP contribution in [0.5, 0.6) is 11.6 Å². The fourth-order valence-corrected chi connectivity index (χ4v) is 3.18. The van der Waals surface area contributed by atoms with E-state index in [1.165, 1.54) is 4.90 Å². The van der Waals surface area contributed by atoms with Crippen molar-refractivity contribution in [3.8, 4) is 11.6 Å². The topological polar surface area (TPSA) is 104 Å². The maximum atomic E-state index is 12.5. The Hall–Kier alpha value is -3.03. The molecule has 1 aromatic heterocycles. The molecule has 8 nitrogen and oxygen atoms in total. The number of amides is 2. The number of nitrogens with two attached hydrogens (primary N) is 1. The zero-order valence-corrected chi connectivity index (χ0v) is 16.5. The lowest BCUT2D eigenvalue weighted by molar-refractivity contribution is -0.122. The second-order valence-corrected chi connectivity index (χ2v) is 7.73. The van der Waals surface area contributed by atoms with Crippen molar-refractivity contribution in [3.05, 3.63) is 30.5 Å². The van der Waals surface area contributed by atoms with E-state index in [4.69, 9.17) is 19.9 Å². The number of hydrogen-bond donors (Lipinski definition) is 1. The lowest BCUT2D eigenvalue weighted by atomic mass is 10.1. The van der Waals surface area contributed by atoms with Crippen molar-refractivity contribution in [3.63, 3.8) is 0 Å². The van der Waals surface area contributed by atoms with Gasteiger partial charge in [0, 0.05) is 18.0 Å². The molecule has 0 aliphatic carbocycles. The summed E-state index contributed by atoms with van der Waals surface area (Å²) in [6.45, 7) is 5.49. The van der Waals surface area contributed by atoms with Crippen LogP contribution in [-0.4, -0.2) is 53.3 Å². The number of carbonyl (C=O) groups excluding carboxylic acids is 2. The third-order valence-corrected chi connectivity index (χ3v) is 4.43. The first-order valence-corrected chi connectivity index (χ1v) is 9.06. The number of likely N-dealkylation sites (tertiary alicyclic amines) is 1. The van der Waals surface area contributed by atoms with Gasteiger partial charge in [-0.25, -0.2) is 9.78 Å². The van der Waals surface area contributed by atoms with Crippen LogP contribution in [-0.2, 0) is 9.53 Å². The van der Waals surface area contributed by atoms with Crippen LogP contribution in [0.4, 0.5) is 4.79 Å². The predicted molar refractivity (Wildman–Crippen MR) is 103 cm³/mol. The van der Waals surface area contributed by atoms with Crippen molar-refractivity contribution >= 4 is 22.8 Å². The number of hydrogen-bond acceptors (Lipinski definition) is 6. The Bertz CT molecular complexity index is 893. The Morgan fingerprint density at radius 2 is 2.00 bits per heavy atom. The summed E-state index contributed by atoms with van der Waals surface area (Å²) >= 11 is 0. The van der Waals surface area contributed by atoms with Crippen molar-refractivity contribution in [2.45, 2.75) is 44.9 Å². The summed E-state index contributed by atoms with van der Waals surface area (Å²) in [5.41, 5.74) is 4.82. The Morgan fingerprint density at radius 3 is 2.64 bits per heavy atom. The van der Waals surface area contributed by atoms with Gasteiger partial charge < -0.3 is 19.9 Å². The summed E-state index contributed by atoms with van der Waals surface area (Å²) < 4.78 is 16.7. The predicted octanol–water partition coefficient (Wildman–Crippen LogP) is 2.49. The Morgan fingerprint density at radius 1 is 1.25 bits per heavy atom. The van der Waals surface area contributed by atoms with Crippen LogP contribution in [0.3, 0.4) is 0 Å². The van der Waals surface area contributed by atoms with E-state index in [1.54, 1.807) is 34.1 Å². The normalized spacial score (nSPS) is 19.5. The van der Waals surface area contributed by atoms with E-state index in [2.05, 4.69) is 4.98 Å². The van der Waals surface area contributed by atoms with Crippen LogP contribution in [0, 0.1) is 0 Å². The van der Waals surface area contributed by atoms with Crippen molar-refractivity contribution in [1.82, 2.24) is 9.88 Å². The van der Waals surface area contributed by atoms with Crippen LogP contribution in [0.1, 0.15) is 27.2 Å². The molecule has 0 bridgehead atoms.